The highest BCUT2D eigenvalue weighted by Gasteiger charge is 2.19. The Hall–Kier alpha value is -2.08. The van der Waals surface area contributed by atoms with Crippen LogP contribution in [-0.4, -0.2) is 42.9 Å². The average Bonchev–Trinajstić information content (AvgIpc) is 2.92. The molecule has 2 amide bonds. The molecule has 26 heavy (non-hydrogen) atoms. The van der Waals surface area contributed by atoms with Crippen molar-refractivity contribution in [3.8, 4) is 0 Å². The van der Waals surface area contributed by atoms with Crippen molar-refractivity contribution < 1.29 is 9.59 Å². The smallest absolute Gasteiger partial charge is 0.255 e. The minimum Gasteiger partial charge on any atom is -0.337 e. The molecule has 5 nitrogen and oxygen atoms in total. The lowest BCUT2D eigenvalue weighted by Crippen LogP contribution is -2.34. The van der Waals surface area contributed by atoms with E-state index in [1.54, 1.807) is 42.5 Å². The SMILES string of the molecule is O=C(Nc1cc(C(=O)N2CCCNCC2)ccc1Cl)c1cccc(Cl)c1. The minimum absolute atomic E-state index is 0.0661. The molecule has 0 spiro atoms. The second-order valence-electron chi connectivity index (χ2n) is 6.05. The van der Waals surface area contributed by atoms with Crippen LogP contribution in [0.3, 0.4) is 0 Å². The fourth-order valence-corrected chi connectivity index (χ4v) is 3.16. The molecule has 2 aromatic rings. The second kappa shape index (κ2) is 8.54. The van der Waals surface area contributed by atoms with Crippen LogP contribution in [-0.2, 0) is 0 Å². The van der Waals surface area contributed by atoms with Gasteiger partial charge in [-0.3, -0.25) is 9.59 Å². The monoisotopic (exact) mass is 391 g/mol. The Bertz CT molecular complexity index is 818. The van der Waals surface area contributed by atoms with Crippen molar-refractivity contribution in [2.75, 3.05) is 31.5 Å². The van der Waals surface area contributed by atoms with Crippen LogP contribution in [0.2, 0.25) is 10.0 Å². The molecule has 2 N–H and O–H groups in total. The summed E-state index contributed by atoms with van der Waals surface area (Å²) in [5.41, 5.74) is 1.32. The lowest BCUT2D eigenvalue weighted by molar-refractivity contribution is 0.0766. The highest BCUT2D eigenvalue weighted by atomic mass is 35.5. The van der Waals surface area contributed by atoms with Gasteiger partial charge < -0.3 is 15.5 Å². The largest absolute Gasteiger partial charge is 0.337 e. The van der Waals surface area contributed by atoms with E-state index >= 15 is 0 Å². The van der Waals surface area contributed by atoms with E-state index in [9.17, 15) is 9.59 Å². The molecule has 136 valence electrons. The van der Waals surface area contributed by atoms with Crippen molar-refractivity contribution in [2.45, 2.75) is 6.42 Å². The number of amides is 2. The zero-order valence-corrected chi connectivity index (χ0v) is 15.6. The van der Waals surface area contributed by atoms with Crippen LogP contribution in [0.25, 0.3) is 0 Å². The van der Waals surface area contributed by atoms with Gasteiger partial charge in [0.15, 0.2) is 0 Å². The fourth-order valence-electron chi connectivity index (χ4n) is 2.81. The number of hydrogen-bond donors (Lipinski definition) is 2. The first-order valence-electron chi connectivity index (χ1n) is 8.41. The fraction of sp³-hybridized carbons (Fsp3) is 0.263. The zero-order valence-electron chi connectivity index (χ0n) is 14.1. The van der Waals surface area contributed by atoms with Gasteiger partial charge in [0.1, 0.15) is 0 Å². The van der Waals surface area contributed by atoms with E-state index < -0.39 is 0 Å². The minimum atomic E-state index is -0.335. The predicted octanol–water partition coefficient (Wildman–Crippen LogP) is 3.68. The summed E-state index contributed by atoms with van der Waals surface area (Å²) in [7, 11) is 0. The molecule has 1 fully saturated rings. The Labute approximate surface area is 162 Å². The normalized spacial score (nSPS) is 14.6. The van der Waals surface area contributed by atoms with Gasteiger partial charge in [-0.05, 0) is 49.4 Å². The molecule has 1 heterocycles. The molecule has 0 atom stereocenters. The molecule has 2 aromatic carbocycles. The van der Waals surface area contributed by atoms with Gasteiger partial charge in [-0.25, -0.2) is 0 Å². The predicted molar refractivity (Wildman–Crippen MR) is 104 cm³/mol. The summed E-state index contributed by atoms with van der Waals surface area (Å²) in [6, 6.07) is 11.5. The van der Waals surface area contributed by atoms with E-state index in [0.717, 1.165) is 19.5 Å². The number of nitrogens with zero attached hydrogens (tertiary/aromatic N) is 1. The third kappa shape index (κ3) is 4.55. The molecule has 0 radical (unpaired) electrons. The Morgan fingerprint density at radius 1 is 1.00 bits per heavy atom. The maximum Gasteiger partial charge on any atom is 0.255 e. The van der Waals surface area contributed by atoms with Crippen LogP contribution >= 0.6 is 23.2 Å². The molecule has 0 aromatic heterocycles. The standard InChI is InChI=1S/C19H19Cl2N3O2/c20-15-4-1-3-13(11-15)18(25)23-17-12-14(5-6-16(17)21)19(26)24-9-2-7-22-8-10-24/h1,3-6,11-12,22H,2,7-10H2,(H,23,25). The van der Waals surface area contributed by atoms with Gasteiger partial charge >= 0.3 is 0 Å². The first kappa shape index (κ1) is 18.7. The van der Waals surface area contributed by atoms with Crippen LogP contribution in [0.4, 0.5) is 5.69 Å². The van der Waals surface area contributed by atoms with E-state index in [0.29, 0.717) is 39.9 Å². The lowest BCUT2D eigenvalue weighted by atomic mass is 10.1. The van der Waals surface area contributed by atoms with Crippen molar-refractivity contribution in [2.24, 2.45) is 0 Å². The molecule has 0 unspecified atom stereocenters. The first-order valence-corrected chi connectivity index (χ1v) is 9.16. The number of halogens is 2. The van der Waals surface area contributed by atoms with Crippen LogP contribution in [0, 0.1) is 0 Å². The summed E-state index contributed by atoms with van der Waals surface area (Å²) in [6.45, 7) is 3.05. The van der Waals surface area contributed by atoms with Crippen molar-refractivity contribution >= 4 is 40.7 Å². The van der Waals surface area contributed by atoms with E-state index in [2.05, 4.69) is 10.6 Å². The highest BCUT2D eigenvalue weighted by molar-refractivity contribution is 6.34. The molecule has 0 aliphatic carbocycles. The molecule has 0 saturated carbocycles. The molecule has 1 saturated heterocycles. The molecule has 0 bridgehead atoms. The summed E-state index contributed by atoms with van der Waals surface area (Å²) in [5, 5.41) is 6.87. The number of carbonyl (C=O) groups excluding carboxylic acids is 2. The maximum atomic E-state index is 12.7. The van der Waals surface area contributed by atoms with E-state index in [4.69, 9.17) is 23.2 Å². The average molecular weight is 392 g/mol. The third-order valence-corrected chi connectivity index (χ3v) is 4.74. The third-order valence-electron chi connectivity index (χ3n) is 4.18. The molecule has 1 aliphatic heterocycles. The van der Waals surface area contributed by atoms with E-state index in [1.165, 1.54) is 0 Å². The molecular formula is C19H19Cl2N3O2. The van der Waals surface area contributed by atoms with Gasteiger partial charge in [0.25, 0.3) is 11.8 Å². The summed E-state index contributed by atoms with van der Waals surface area (Å²) in [6.07, 6.45) is 0.914. The lowest BCUT2D eigenvalue weighted by Gasteiger charge is -2.20. The summed E-state index contributed by atoms with van der Waals surface area (Å²) in [4.78, 5) is 27.0. The zero-order chi connectivity index (χ0) is 18.5. The Morgan fingerprint density at radius 2 is 1.85 bits per heavy atom. The quantitative estimate of drug-likeness (QED) is 0.838. The number of benzene rings is 2. The number of rotatable bonds is 3. The molecular weight excluding hydrogens is 373 g/mol. The second-order valence-corrected chi connectivity index (χ2v) is 6.90. The number of nitrogens with one attached hydrogen (secondary N) is 2. The number of carbonyl (C=O) groups is 2. The molecule has 1 aliphatic rings. The van der Waals surface area contributed by atoms with Gasteiger partial charge in [0.05, 0.1) is 10.7 Å². The van der Waals surface area contributed by atoms with Crippen molar-refractivity contribution in [3.63, 3.8) is 0 Å². The van der Waals surface area contributed by atoms with Gasteiger partial charge in [-0.1, -0.05) is 29.3 Å². The maximum absolute atomic E-state index is 12.7. The topological polar surface area (TPSA) is 61.4 Å². The summed E-state index contributed by atoms with van der Waals surface area (Å²) < 4.78 is 0. The van der Waals surface area contributed by atoms with Crippen LogP contribution in [0.1, 0.15) is 27.1 Å². The Morgan fingerprint density at radius 3 is 2.65 bits per heavy atom. The van der Waals surface area contributed by atoms with E-state index in [-0.39, 0.29) is 11.8 Å². The van der Waals surface area contributed by atoms with Gasteiger partial charge in [-0.15, -0.1) is 0 Å². The van der Waals surface area contributed by atoms with Crippen molar-refractivity contribution in [1.82, 2.24) is 10.2 Å². The highest BCUT2D eigenvalue weighted by Crippen LogP contribution is 2.25. The first-order chi connectivity index (χ1) is 12.5. The number of hydrogen-bond acceptors (Lipinski definition) is 3. The van der Waals surface area contributed by atoms with Gasteiger partial charge in [-0.2, -0.15) is 0 Å². The van der Waals surface area contributed by atoms with Crippen LogP contribution in [0.5, 0.6) is 0 Å². The van der Waals surface area contributed by atoms with E-state index in [1.807, 2.05) is 4.90 Å². The Balaban J connectivity index is 1.79. The van der Waals surface area contributed by atoms with Crippen LogP contribution in [0.15, 0.2) is 42.5 Å². The van der Waals surface area contributed by atoms with Crippen molar-refractivity contribution in [1.29, 1.82) is 0 Å². The summed E-state index contributed by atoms with van der Waals surface area (Å²) >= 11 is 12.1. The number of anilines is 1. The van der Waals surface area contributed by atoms with Crippen LogP contribution < -0.4 is 10.6 Å². The van der Waals surface area contributed by atoms with Crippen molar-refractivity contribution in [3.05, 3.63) is 63.6 Å². The van der Waals surface area contributed by atoms with Gasteiger partial charge in [0.2, 0.25) is 0 Å². The molecule has 3 rings (SSSR count). The molecule has 7 heteroatoms. The summed E-state index contributed by atoms with van der Waals surface area (Å²) in [5.74, 6) is -0.401. The Kier molecular flexibility index (Phi) is 6.14. The van der Waals surface area contributed by atoms with Gasteiger partial charge in [0, 0.05) is 35.8 Å².